The van der Waals surface area contributed by atoms with E-state index in [9.17, 15) is 0 Å². The molecule has 2 aromatic rings. The number of methoxy groups -OCH3 is 2. The normalized spacial score (nSPS) is 9.85. The van der Waals surface area contributed by atoms with Gasteiger partial charge in [0.2, 0.25) is 0 Å². The molecule has 0 aliphatic carbocycles. The zero-order chi connectivity index (χ0) is 14.4. The molecule has 0 fully saturated rings. The lowest BCUT2D eigenvalue weighted by atomic mass is 10.0. The number of hydrogen-bond donors (Lipinski definition) is 0. The molecule has 0 spiro atoms. The number of ether oxygens (including phenoxy) is 2. The minimum atomic E-state index is 0.452. The van der Waals surface area contributed by atoms with Crippen molar-refractivity contribution in [2.24, 2.45) is 0 Å². The molecular formula is C17H17NO2. The quantitative estimate of drug-likeness (QED) is 0.834. The standard InChI is InChI=1S/C17H17NO2/c1-19-16-10-15(11-17(12-16)20-2)9-14-5-3-13(4-6-14)7-8-18/h3-6,10-12H,7,9H2,1-2H3. The fraction of sp³-hybridized carbons (Fsp3) is 0.235. The van der Waals surface area contributed by atoms with Gasteiger partial charge in [0.25, 0.3) is 0 Å². The molecule has 0 saturated carbocycles. The Kier molecular flexibility index (Phi) is 4.62. The van der Waals surface area contributed by atoms with Crippen LogP contribution in [0.15, 0.2) is 42.5 Å². The highest BCUT2D eigenvalue weighted by atomic mass is 16.5. The maximum Gasteiger partial charge on any atom is 0.122 e. The molecule has 0 aliphatic rings. The van der Waals surface area contributed by atoms with Crippen LogP contribution in [0.3, 0.4) is 0 Å². The first kappa shape index (κ1) is 14.0. The Morgan fingerprint density at radius 2 is 1.40 bits per heavy atom. The Bertz CT molecular complexity index is 590. The molecule has 0 saturated heterocycles. The van der Waals surface area contributed by atoms with Gasteiger partial charge in [0.1, 0.15) is 11.5 Å². The number of nitrogens with zero attached hydrogens (tertiary/aromatic N) is 1. The lowest BCUT2D eigenvalue weighted by Gasteiger charge is -2.09. The predicted octanol–water partition coefficient (Wildman–Crippen LogP) is 3.36. The third kappa shape index (κ3) is 3.52. The monoisotopic (exact) mass is 267 g/mol. The number of rotatable bonds is 5. The molecule has 0 atom stereocenters. The van der Waals surface area contributed by atoms with Crippen LogP contribution in [0.25, 0.3) is 0 Å². The summed E-state index contributed by atoms with van der Waals surface area (Å²) < 4.78 is 10.5. The molecule has 20 heavy (non-hydrogen) atoms. The van der Waals surface area contributed by atoms with Crippen molar-refractivity contribution < 1.29 is 9.47 Å². The van der Waals surface area contributed by atoms with Crippen LogP contribution in [0, 0.1) is 11.3 Å². The first-order valence-electron chi connectivity index (χ1n) is 6.42. The van der Waals surface area contributed by atoms with Crippen molar-refractivity contribution >= 4 is 0 Å². The number of nitriles is 1. The van der Waals surface area contributed by atoms with E-state index in [0.29, 0.717) is 6.42 Å². The maximum atomic E-state index is 8.66. The van der Waals surface area contributed by atoms with E-state index in [1.54, 1.807) is 14.2 Å². The first-order valence-corrected chi connectivity index (χ1v) is 6.42. The van der Waals surface area contributed by atoms with Crippen molar-refractivity contribution in [3.05, 3.63) is 59.2 Å². The Morgan fingerprint density at radius 3 is 1.90 bits per heavy atom. The van der Waals surface area contributed by atoms with E-state index in [0.717, 1.165) is 29.0 Å². The second kappa shape index (κ2) is 6.63. The predicted molar refractivity (Wildman–Crippen MR) is 78.1 cm³/mol. The van der Waals surface area contributed by atoms with Crippen molar-refractivity contribution in [1.82, 2.24) is 0 Å². The van der Waals surface area contributed by atoms with E-state index in [-0.39, 0.29) is 0 Å². The van der Waals surface area contributed by atoms with Crippen LogP contribution in [0.2, 0.25) is 0 Å². The highest BCUT2D eigenvalue weighted by molar-refractivity contribution is 5.40. The van der Waals surface area contributed by atoms with Gasteiger partial charge >= 0.3 is 0 Å². The summed E-state index contributed by atoms with van der Waals surface area (Å²) in [5.41, 5.74) is 3.37. The van der Waals surface area contributed by atoms with Crippen LogP contribution in [0.4, 0.5) is 0 Å². The third-order valence-electron chi connectivity index (χ3n) is 3.13. The van der Waals surface area contributed by atoms with Gasteiger partial charge in [0.15, 0.2) is 0 Å². The van der Waals surface area contributed by atoms with E-state index in [1.165, 1.54) is 5.56 Å². The molecule has 0 unspecified atom stereocenters. The van der Waals surface area contributed by atoms with Crippen LogP contribution in [0.5, 0.6) is 11.5 Å². The molecule has 0 aromatic heterocycles. The summed E-state index contributed by atoms with van der Waals surface area (Å²) in [5.74, 6) is 1.58. The Hall–Kier alpha value is -2.47. The molecule has 0 bridgehead atoms. The molecule has 3 heteroatoms. The molecule has 0 amide bonds. The molecule has 2 aromatic carbocycles. The van der Waals surface area contributed by atoms with E-state index < -0.39 is 0 Å². The molecule has 2 rings (SSSR count). The minimum Gasteiger partial charge on any atom is -0.497 e. The summed E-state index contributed by atoms with van der Waals surface area (Å²) in [5, 5.41) is 8.66. The molecule has 3 nitrogen and oxygen atoms in total. The number of benzene rings is 2. The molecule has 0 N–H and O–H groups in total. The summed E-state index contributed by atoms with van der Waals surface area (Å²) in [6.45, 7) is 0. The van der Waals surface area contributed by atoms with Gasteiger partial charge in [-0.15, -0.1) is 0 Å². The van der Waals surface area contributed by atoms with Gasteiger partial charge in [-0.1, -0.05) is 24.3 Å². The third-order valence-corrected chi connectivity index (χ3v) is 3.13. The van der Waals surface area contributed by atoms with Gasteiger partial charge in [-0.25, -0.2) is 0 Å². The Morgan fingerprint density at radius 1 is 0.850 bits per heavy atom. The Balaban J connectivity index is 2.18. The van der Waals surface area contributed by atoms with Gasteiger partial charge in [-0.05, 0) is 35.2 Å². The number of hydrogen-bond acceptors (Lipinski definition) is 3. The second-order valence-corrected chi connectivity index (χ2v) is 4.55. The largest absolute Gasteiger partial charge is 0.497 e. The highest BCUT2D eigenvalue weighted by Gasteiger charge is 2.03. The lowest BCUT2D eigenvalue weighted by Crippen LogP contribution is -1.93. The summed E-state index contributed by atoms with van der Waals surface area (Å²) >= 11 is 0. The van der Waals surface area contributed by atoms with Crippen molar-refractivity contribution in [3.8, 4) is 17.6 Å². The van der Waals surface area contributed by atoms with Gasteiger partial charge in [-0.3, -0.25) is 0 Å². The zero-order valence-corrected chi connectivity index (χ0v) is 11.7. The zero-order valence-electron chi connectivity index (χ0n) is 11.7. The van der Waals surface area contributed by atoms with E-state index in [2.05, 4.69) is 18.2 Å². The van der Waals surface area contributed by atoms with Crippen LogP contribution in [-0.4, -0.2) is 14.2 Å². The smallest absolute Gasteiger partial charge is 0.122 e. The minimum absolute atomic E-state index is 0.452. The molecule has 102 valence electrons. The maximum absolute atomic E-state index is 8.66. The van der Waals surface area contributed by atoms with E-state index >= 15 is 0 Å². The first-order chi connectivity index (χ1) is 9.75. The van der Waals surface area contributed by atoms with Gasteiger partial charge in [0.05, 0.1) is 26.7 Å². The molecule has 0 radical (unpaired) electrons. The topological polar surface area (TPSA) is 42.2 Å². The summed E-state index contributed by atoms with van der Waals surface area (Å²) in [6.07, 6.45) is 1.26. The summed E-state index contributed by atoms with van der Waals surface area (Å²) in [6, 6.07) is 16.1. The lowest BCUT2D eigenvalue weighted by molar-refractivity contribution is 0.393. The van der Waals surface area contributed by atoms with Crippen LogP contribution in [0.1, 0.15) is 16.7 Å². The van der Waals surface area contributed by atoms with Crippen molar-refractivity contribution in [2.75, 3.05) is 14.2 Å². The van der Waals surface area contributed by atoms with E-state index in [4.69, 9.17) is 14.7 Å². The van der Waals surface area contributed by atoms with Crippen LogP contribution in [-0.2, 0) is 12.8 Å². The van der Waals surface area contributed by atoms with Crippen molar-refractivity contribution in [2.45, 2.75) is 12.8 Å². The SMILES string of the molecule is COc1cc(Cc2ccc(CC#N)cc2)cc(OC)c1. The van der Waals surface area contributed by atoms with Crippen LogP contribution < -0.4 is 9.47 Å². The van der Waals surface area contributed by atoms with Crippen molar-refractivity contribution in [3.63, 3.8) is 0 Å². The fourth-order valence-electron chi connectivity index (χ4n) is 2.07. The summed E-state index contributed by atoms with van der Waals surface area (Å²) in [7, 11) is 3.30. The van der Waals surface area contributed by atoms with Gasteiger partial charge in [0, 0.05) is 6.07 Å². The summed E-state index contributed by atoms with van der Waals surface area (Å²) in [4.78, 5) is 0. The van der Waals surface area contributed by atoms with Gasteiger partial charge in [-0.2, -0.15) is 5.26 Å². The van der Waals surface area contributed by atoms with Crippen LogP contribution >= 0.6 is 0 Å². The van der Waals surface area contributed by atoms with Crippen molar-refractivity contribution in [1.29, 1.82) is 5.26 Å². The molecule has 0 heterocycles. The molecular weight excluding hydrogens is 250 g/mol. The van der Waals surface area contributed by atoms with Gasteiger partial charge < -0.3 is 9.47 Å². The average Bonchev–Trinajstić information content (AvgIpc) is 2.49. The molecule has 0 aliphatic heterocycles. The Labute approximate surface area is 119 Å². The van der Waals surface area contributed by atoms with E-state index in [1.807, 2.05) is 30.3 Å². The second-order valence-electron chi connectivity index (χ2n) is 4.55. The average molecular weight is 267 g/mol. The fourth-order valence-corrected chi connectivity index (χ4v) is 2.07. The highest BCUT2D eigenvalue weighted by Crippen LogP contribution is 2.24.